The maximum Gasteiger partial charge on any atom is 0.317 e. The number of benzene rings is 1. The summed E-state index contributed by atoms with van der Waals surface area (Å²) in [6.45, 7) is 6.06. The standard InChI is InChI=1S/C20H25FN6O/c1-2-17-13-27-14-23-18(11-19(27)24-17)25-6-8-26(9-7-25)20(28)22-12-15-4-3-5-16(21)10-15/h3-5,10-11,14,17H,2,6-9,12-13H2,1H3,(H,22,28)/t17-/m0/s1. The van der Waals surface area contributed by atoms with E-state index >= 15 is 0 Å². The van der Waals surface area contributed by atoms with Crippen molar-refractivity contribution in [1.82, 2.24) is 20.0 Å². The number of nitrogens with one attached hydrogen (secondary N) is 1. The number of rotatable bonds is 4. The minimum Gasteiger partial charge on any atom is -0.353 e. The van der Waals surface area contributed by atoms with E-state index in [-0.39, 0.29) is 11.8 Å². The van der Waals surface area contributed by atoms with Crippen LogP contribution >= 0.6 is 0 Å². The Kier molecular flexibility index (Phi) is 5.27. The number of urea groups is 1. The van der Waals surface area contributed by atoms with E-state index in [1.54, 1.807) is 17.0 Å². The lowest BCUT2D eigenvalue weighted by molar-refractivity contribution is 0.156. The SMILES string of the molecule is CC[C@H]1CN2C=NC(N3CCN(C(=O)NCc4cccc(F)c4)CC3)=CC2=N1. The Labute approximate surface area is 164 Å². The largest absolute Gasteiger partial charge is 0.353 e. The average Bonchev–Trinajstić information content (AvgIpc) is 3.15. The fraction of sp³-hybridized carbons (Fsp3) is 0.450. The lowest BCUT2D eigenvalue weighted by atomic mass is 10.2. The molecule has 28 heavy (non-hydrogen) atoms. The number of hydrogen-bond acceptors (Lipinski definition) is 5. The summed E-state index contributed by atoms with van der Waals surface area (Å²) < 4.78 is 13.2. The molecule has 1 atom stereocenters. The molecule has 3 aliphatic rings. The summed E-state index contributed by atoms with van der Waals surface area (Å²) in [5.41, 5.74) is 0.751. The normalized spacial score (nSPS) is 21.4. The summed E-state index contributed by atoms with van der Waals surface area (Å²) in [6.07, 6.45) is 4.93. The Hall–Kier alpha value is -2.90. The predicted molar refractivity (Wildman–Crippen MR) is 107 cm³/mol. The van der Waals surface area contributed by atoms with E-state index in [1.165, 1.54) is 12.1 Å². The lowest BCUT2D eigenvalue weighted by Crippen LogP contribution is -2.51. The highest BCUT2D eigenvalue weighted by molar-refractivity contribution is 6.03. The van der Waals surface area contributed by atoms with Crippen molar-refractivity contribution in [3.05, 3.63) is 47.5 Å². The second-order valence-electron chi connectivity index (χ2n) is 7.21. The van der Waals surface area contributed by atoms with Crippen molar-refractivity contribution in [2.75, 3.05) is 32.7 Å². The number of halogens is 1. The van der Waals surface area contributed by atoms with Crippen LogP contribution in [0, 0.1) is 5.82 Å². The molecule has 4 rings (SSSR count). The summed E-state index contributed by atoms with van der Waals surface area (Å²) in [4.78, 5) is 27.7. The third-order valence-electron chi connectivity index (χ3n) is 5.30. The molecule has 1 N–H and O–H groups in total. The van der Waals surface area contributed by atoms with Crippen LogP contribution in [0.5, 0.6) is 0 Å². The third-order valence-corrected chi connectivity index (χ3v) is 5.30. The number of carbonyl (C=O) groups is 1. The maximum atomic E-state index is 13.2. The van der Waals surface area contributed by atoms with Gasteiger partial charge in [-0.25, -0.2) is 14.2 Å². The molecule has 148 valence electrons. The number of hydrogen-bond donors (Lipinski definition) is 1. The van der Waals surface area contributed by atoms with Gasteiger partial charge in [-0.1, -0.05) is 19.1 Å². The van der Waals surface area contributed by atoms with Crippen molar-refractivity contribution in [2.45, 2.75) is 25.9 Å². The fourth-order valence-corrected chi connectivity index (χ4v) is 3.60. The van der Waals surface area contributed by atoms with Gasteiger partial charge in [0.15, 0.2) is 0 Å². The van der Waals surface area contributed by atoms with Gasteiger partial charge < -0.3 is 20.0 Å². The van der Waals surface area contributed by atoms with E-state index < -0.39 is 0 Å². The molecule has 8 heteroatoms. The second-order valence-corrected chi connectivity index (χ2v) is 7.21. The number of carbonyl (C=O) groups excluding carboxylic acids is 1. The van der Waals surface area contributed by atoms with E-state index in [1.807, 2.05) is 12.4 Å². The van der Waals surface area contributed by atoms with Gasteiger partial charge in [0.25, 0.3) is 0 Å². The molecular formula is C20H25FN6O. The van der Waals surface area contributed by atoms with Crippen molar-refractivity contribution in [2.24, 2.45) is 9.98 Å². The molecule has 0 aliphatic carbocycles. The molecule has 0 spiro atoms. The van der Waals surface area contributed by atoms with Crippen LogP contribution < -0.4 is 5.32 Å². The highest BCUT2D eigenvalue weighted by Gasteiger charge is 2.27. The minimum atomic E-state index is -0.294. The molecular weight excluding hydrogens is 359 g/mol. The Morgan fingerprint density at radius 1 is 1.29 bits per heavy atom. The Morgan fingerprint density at radius 2 is 2.11 bits per heavy atom. The van der Waals surface area contributed by atoms with Crippen molar-refractivity contribution in [3.8, 4) is 0 Å². The van der Waals surface area contributed by atoms with E-state index in [2.05, 4.69) is 27.0 Å². The first-order valence-corrected chi connectivity index (χ1v) is 9.75. The molecule has 2 amide bonds. The number of aliphatic imine (C=N–C) groups is 2. The summed E-state index contributed by atoms with van der Waals surface area (Å²) in [5, 5.41) is 2.86. The second kappa shape index (κ2) is 8.00. The van der Waals surface area contributed by atoms with Crippen molar-refractivity contribution in [3.63, 3.8) is 0 Å². The van der Waals surface area contributed by atoms with Gasteiger partial charge in [-0.3, -0.25) is 4.99 Å². The van der Waals surface area contributed by atoms with Crippen LogP contribution in [0.25, 0.3) is 0 Å². The molecule has 1 saturated heterocycles. The molecule has 7 nitrogen and oxygen atoms in total. The van der Waals surface area contributed by atoms with Crippen LogP contribution in [0.15, 0.2) is 46.1 Å². The molecule has 0 bridgehead atoms. The lowest BCUT2D eigenvalue weighted by Gasteiger charge is -2.36. The maximum absolute atomic E-state index is 13.2. The molecule has 1 aromatic rings. The van der Waals surface area contributed by atoms with E-state index in [4.69, 9.17) is 4.99 Å². The first kappa shape index (κ1) is 18.5. The zero-order chi connectivity index (χ0) is 19.5. The zero-order valence-electron chi connectivity index (χ0n) is 16.0. The molecule has 0 saturated carbocycles. The summed E-state index contributed by atoms with van der Waals surface area (Å²) >= 11 is 0. The van der Waals surface area contributed by atoms with E-state index in [0.29, 0.717) is 25.7 Å². The van der Waals surface area contributed by atoms with Crippen LogP contribution in [-0.2, 0) is 6.54 Å². The van der Waals surface area contributed by atoms with Crippen LogP contribution in [0.2, 0.25) is 0 Å². The Bertz CT molecular complexity index is 828. The number of amides is 2. The van der Waals surface area contributed by atoms with Gasteiger partial charge in [0, 0.05) is 45.3 Å². The van der Waals surface area contributed by atoms with Gasteiger partial charge in [0.1, 0.15) is 17.5 Å². The fourth-order valence-electron chi connectivity index (χ4n) is 3.60. The molecule has 0 aromatic heterocycles. The first-order valence-electron chi connectivity index (χ1n) is 9.75. The van der Waals surface area contributed by atoms with Gasteiger partial charge in [-0.05, 0) is 24.1 Å². The monoisotopic (exact) mass is 384 g/mol. The first-order chi connectivity index (χ1) is 13.6. The number of piperazine rings is 1. The molecule has 1 aromatic carbocycles. The van der Waals surface area contributed by atoms with Crippen LogP contribution in [0.3, 0.4) is 0 Å². The molecule has 0 unspecified atom stereocenters. The Morgan fingerprint density at radius 3 is 2.86 bits per heavy atom. The molecule has 3 heterocycles. The van der Waals surface area contributed by atoms with Crippen LogP contribution in [0.4, 0.5) is 9.18 Å². The van der Waals surface area contributed by atoms with Crippen molar-refractivity contribution in [1.29, 1.82) is 0 Å². The highest BCUT2D eigenvalue weighted by Crippen LogP contribution is 2.19. The highest BCUT2D eigenvalue weighted by atomic mass is 19.1. The van der Waals surface area contributed by atoms with Crippen molar-refractivity contribution >= 4 is 18.2 Å². The Balaban J connectivity index is 1.29. The summed E-state index contributed by atoms with van der Waals surface area (Å²) in [5.74, 6) is 1.59. The quantitative estimate of drug-likeness (QED) is 0.864. The smallest absolute Gasteiger partial charge is 0.317 e. The van der Waals surface area contributed by atoms with Gasteiger partial charge in [-0.15, -0.1) is 0 Å². The summed E-state index contributed by atoms with van der Waals surface area (Å²) in [6, 6.07) is 6.49. The average molecular weight is 384 g/mol. The van der Waals surface area contributed by atoms with Gasteiger partial charge in [-0.2, -0.15) is 0 Å². The topological polar surface area (TPSA) is 63.5 Å². The van der Waals surface area contributed by atoms with Crippen LogP contribution in [0.1, 0.15) is 18.9 Å². The molecule has 1 fully saturated rings. The van der Waals surface area contributed by atoms with Gasteiger partial charge in [0.05, 0.1) is 12.4 Å². The third kappa shape index (κ3) is 4.00. The van der Waals surface area contributed by atoms with Crippen molar-refractivity contribution < 1.29 is 9.18 Å². The minimum absolute atomic E-state index is 0.123. The molecule has 3 aliphatic heterocycles. The predicted octanol–water partition coefficient (Wildman–Crippen LogP) is 2.03. The number of fused-ring (bicyclic) bond motifs is 1. The van der Waals surface area contributed by atoms with Gasteiger partial charge in [0.2, 0.25) is 0 Å². The number of amidine groups is 1. The van der Waals surface area contributed by atoms with Gasteiger partial charge >= 0.3 is 6.03 Å². The summed E-state index contributed by atoms with van der Waals surface area (Å²) in [7, 11) is 0. The number of nitrogens with zero attached hydrogens (tertiary/aromatic N) is 5. The van der Waals surface area contributed by atoms with Crippen LogP contribution in [-0.4, -0.2) is 71.7 Å². The van der Waals surface area contributed by atoms with E-state index in [0.717, 1.165) is 43.3 Å². The zero-order valence-corrected chi connectivity index (χ0v) is 16.0. The van der Waals surface area contributed by atoms with E-state index in [9.17, 15) is 9.18 Å². The molecule has 0 radical (unpaired) electrons.